The first kappa shape index (κ1) is 17.0. The summed E-state index contributed by atoms with van der Waals surface area (Å²) in [6, 6.07) is 6.64. The van der Waals surface area contributed by atoms with Gasteiger partial charge in [-0.1, -0.05) is 26.0 Å². The molecule has 0 aliphatic rings. The highest BCUT2D eigenvalue weighted by molar-refractivity contribution is 7.90. The van der Waals surface area contributed by atoms with Crippen LogP contribution in [0.1, 0.15) is 56.6 Å². The molecule has 20 heavy (non-hydrogen) atoms. The summed E-state index contributed by atoms with van der Waals surface area (Å²) >= 11 is -1.17. The Morgan fingerprint density at radius 2 is 1.75 bits per heavy atom. The standard InChI is InChI=1S/C15H23NO3S/c1-10(2)13(16-20(19)15(3,4)5)11-6-8-12(9-7-11)14(17)18/h6-10,13,16H,1-5H3,(H,17,18). The zero-order valence-electron chi connectivity index (χ0n) is 12.6. The van der Waals surface area contributed by atoms with E-state index in [0.29, 0.717) is 0 Å². The molecule has 4 nitrogen and oxygen atoms in total. The summed E-state index contributed by atoms with van der Waals surface area (Å²) in [5, 5.41) is 8.91. The monoisotopic (exact) mass is 297 g/mol. The van der Waals surface area contributed by atoms with Crippen LogP contribution in [-0.2, 0) is 11.4 Å². The summed E-state index contributed by atoms with van der Waals surface area (Å²) in [7, 11) is 0. The second kappa shape index (κ2) is 6.61. The van der Waals surface area contributed by atoms with Gasteiger partial charge in [0.05, 0.1) is 11.6 Å². The first-order valence-electron chi connectivity index (χ1n) is 6.64. The summed E-state index contributed by atoms with van der Waals surface area (Å²) in [4.78, 5) is 10.9. The third-order valence-electron chi connectivity index (χ3n) is 2.97. The Bertz CT molecular complexity index is 451. The maximum absolute atomic E-state index is 12.2. The highest BCUT2D eigenvalue weighted by atomic mass is 32.2. The van der Waals surface area contributed by atoms with Crippen molar-refractivity contribution in [3.05, 3.63) is 35.4 Å². The number of carboxylic acids is 1. The Balaban J connectivity index is 2.94. The summed E-state index contributed by atoms with van der Waals surface area (Å²) in [6.45, 7) is 9.84. The van der Waals surface area contributed by atoms with Crippen LogP contribution in [0.15, 0.2) is 24.3 Å². The van der Waals surface area contributed by atoms with Crippen molar-refractivity contribution < 1.29 is 14.5 Å². The third-order valence-corrected chi connectivity index (χ3v) is 4.55. The lowest BCUT2D eigenvalue weighted by Crippen LogP contribution is -2.42. The van der Waals surface area contributed by atoms with Crippen molar-refractivity contribution in [3.8, 4) is 0 Å². The molecule has 112 valence electrons. The van der Waals surface area contributed by atoms with Gasteiger partial charge in [-0.3, -0.25) is 0 Å². The van der Waals surface area contributed by atoms with Crippen LogP contribution in [0.5, 0.6) is 0 Å². The number of nitrogens with one attached hydrogen (secondary N) is 1. The minimum Gasteiger partial charge on any atom is -0.598 e. The highest BCUT2D eigenvalue weighted by Gasteiger charge is 2.31. The molecule has 0 aliphatic heterocycles. The van der Waals surface area contributed by atoms with Crippen LogP contribution in [0, 0.1) is 5.92 Å². The summed E-state index contributed by atoms with van der Waals surface area (Å²) in [5.41, 5.74) is 1.20. The number of carbonyl (C=O) groups is 1. The van der Waals surface area contributed by atoms with Crippen LogP contribution < -0.4 is 4.72 Å². The van der Waals surface area contributed by atoms with Gasteiger partial charge >= 0.3 is 5.97 Å². The zero-order chi connectivity index (χ0) is 15.5. The van der Waals surface area contributed by atoms with Gasteiger partial charge in [-0.25, -0.2) is 4.79 Å². The first-order valence-corrected chi connectivity index (χ1v) is 7.79. The number of hydrogen-bond donors (Lipinski definition) is 2. The Kier molecular flexibility index (Phi) is 5.62. The van der Waals surface area contributed by atoms with E-state index in [-0.39, 0.29) is 22.3 Å². The van der Waals surface area contributed by atoms with Gasteiger partial charge in [-0.05, 0) is 44.4 Å². The minimum absolute atomic E-state index is 0.0714. The smallest absolute Gasteiger partial charge is 0.335 e. The Morgan fingerprint density at radius 3 is 2.10 bits per heavy atom. The van der Waals surface area contributed by atoms with Crippen molar-refractivity contribution in [2.24, 2.45) is 5.92 Å². The van der Waals surface area contributed by atoms with Crippen LogP contribution in [0.3, 0.4) is 0 Å². The lowest BCUT2D eigenvalue weighted by molar-refractivity contribution is 0.0697. The second-order valence-corrected chi connectivity index (χ2v) is 8.15. The molecular weight excluding hydrogens is 274 g/mol. The van der Waals surface area contributed by atoms with Gasteiger partial charge in [0.25, 0.3) is 0 Å². The van der Waals surface area contributed by atoms with Crippen LogP contribution in [0.4, 0.5) is 0 Å². The molecule has 0 spiro atoms. The average Bonchev–Trinajstić information content (AvgIpc) is 2.34. The van der Waals surface area contributed by atoms with E-state index in [1.807, 2.05) is 34.6 Å². The number of hydrogen-bond acceptors (Lipinski definition) is 3. The van der Waals surface area contributed by atoms with E-state index in [1.54, 1.807) is 24.3 Å². The molecule has 0 aromatic heterocycles. The Hall–Kier alpha value is -1.04. The van der Waals surface area contributed by atoms with Crippen molar-refractivity contribution in [3.63, 3.8) is 0 Å². The summed E-state index contributed by atoms with van der Waals surface area (Å²) in [6.07, 6.45) is 0. The average molecular weight is 297 g/mol. The van der Waals surface area contributed by atoms with Crippen LogP contribution >= 0.6 is 0 Å². The van der Waals surface area contributed by atoms with Gasteiger partial charge in [0.15, 0.2) is 0 Å². The Labute approximate surface area is 123 Å². The molecule has 0 aliphatic carbocycles. The van der Waals surface area contributed by atoms with Gasteiger partial charge in [-0.15, -0.1) is 4.72 Å². The maximum Gasteiger partial charge on any atom is 0.335 e. The quantitative estimate of drug-likeness (QED) is 0.819. The fourth-order valence-electron chi connectivity index (χ4n) is 1.71. The van der Waals surface area contributed by atoms with Gasteiger partial charge in [0.2, 0.25) is 0 Å². The molecule has 1 aromatic carbocycles. The van der Waals surface area contributed by atoms with E-state index in [9.17, 15) is 9.35 Å². The van der Waals surface area contributed by atoms with Crippen LogP contribution in [0.25, 0.3) is 0 Å². The van der Waals surface area contributed by atoms with E-state index in [1.165, 1.54) is 0 Å². The Morgan fingerprint density at radius 1 is 1.25 bits per heavy atom. The normalized spacial score (nSPS) is 15.2. The predicted molar refractivity (Wildman–Crippen MR) is 82.0 cm³/mol. The predicted octanol–water partition coefficient (Wildman–Crippen LogP) is 3.13. The molecule has 0 saturated heterocycles. The number of rotatable bonds is 5. The molecule has 1 rings (SSSR count). The molecule has 0 fully saturated rings. The van der Waals surface area contributed by atoms with Crippen LogP contribution in [0.2, 0.25) is 0 Å². The molecule has 0 amide bonds. The van der Waals surface area contributed by atoms with Crippen LogP contribution in [-0.4, -0.2) is 20.4 Å². The zero-order valence-corrected chi connectivity index (χ0v) is 13.5. The van der Waals surface area contributed by atoms with E-state index in [2.05, 4.69) is 4.72 Å². The number of carboxylic acid groups (broad SMARTS) is 1. The number of aromatic carboxylic acids is 1. The molecule has 2 atom stereocenters. The summed E-state index contributed by atoms with van der Waals surface area (Å²) in [5.74, 6) is -0.694. The molecule has 0 bridgehead atoms. The molecule has 0 saturated carbocycles. The van der Waals surface area contributed by atoms with E-state index in [0.717, 1.165) is 5.56 Å². The van der Waals surface area contributed by atoms with Crippen molar-refractivity contribution in [2.45, 2.75) is 45.4 Å². The minimum atomic E-state index is -1.17. The topological polar surface area (TPSA) is 72.4 Å². The van der Waals surface area contributed by atoms with E-state index in [4.69, 9.17) is 5.11 Å². The van der Waals surface area contributed by atoms with Crippen molar-refractivity contribution in [1.29, 1.82) is 0 Å². The number of benzene rings is 1. The SMILES string of the molecule is CC(C)C(N[S+]([O-])C(C)(C)C)c1ccc(C(=O)O)cc1. The van der Waals surface area contributed by atoms with Gasteiger partial charge < -0.3 is 9.66 Å². The molecule has 5 heteroatoms. The van der Waals surface area contributed by atoms with E-state index >= 15 is 0 Å². The largest absolute Gasteiger partial charge is 0.598 e. The first-order chi connectivity index (χ1) is 9.12. The lowest BCUT2D eigenvalue weighted by atomic mass is 9.96. The molecule has 0 heterocycles. The van der Waals surface area contributed by atoms with Crippen molar-refractivity contribution in [2.75, 3.05) is 0 Å². The molecule has 0 radical (unpaired) electrons. The van der Waals surface area contributed by atoms with Crippen molar-refractivity contribution >= 4 is 17.3 Å². The van der Waals surface area contributed by atoms with Crippen molar-refractivity contribution in [1.82, 2.24) is 4.72 Å². The fourth-order valence-corrected chi connectivity index (χ4v) is 2.71. The molecular formula is C15H23NO3S. The van der Waals surface area contributed by atoms with Gasteiger partial charge in [-0.2, -0.15) is 0 Å². The second-order valence-electron chi connectivity index (χ2n) is 6.15. The van der Waals surface area contributed by atoms with E-state index < -0.39 is 17.3 Å². The highest BCUT2D eigenvalue weighted by Crippen LogP contribution is 2.26. The molecule has 2 unspecified atom stereocenters. The summed E-state index contributed by atoms with van der Waals surface area (Å²) < 4.78 is 15.0. The molecule has 1 aromatic rings. The lowest BCUT2D eigenvalue weighted by Gasteiger charge is -2.30. The fraction of sp³-hybridized carbons (Fsp3) is 0.533. The third kappa shape index (κ3) is 4.51. The maximum atomic E-state index is 12.2. The van der Waals surface area contributed by atoms with Gasteiger partial charge in [0.1, 0.15) is 4.75 Å². The molecule has 2 N–H and O–H groups in total. The van der Waals surface area contributed by atoms with Gasteiger partial charge in [0, 0.05) is 11.4 Å².